The summed E-state index contributed by atoms with van der Waals surface area (Å²) in [6.45, 7) is 11.7. The molecule has 1 saturated carbocycles. The maximum Gasteiger partial charge on any atom is 0.278 e. The Bertz CT molecular complexity index is 1750. The molecule has 6 rings (SSSR count). The van der Waals surface area contributed by atoms with Crippen LogP contribution in [0.15, 0.2) is 29.1 Å². The van der Waals surface area contributed by atoms with Gasteiger partial charge in [-0.3, -0.25) is 9.59 Å². The molecule has 0 radical (unpaired) electrons. The first-order valence-corrected chi connectivity index (χ1v) is 18.2. The molecule has 42 heavy (non-hydrogen) atoms. The number of para-hydroxylation sites is 1. The van der Waals surface area contributed by atoms with E-state index in [1.54, 1.807) is 17.8 Å². The highest BCUT2D eigenvalue weighted by molar-refractivity contribution is 6.76. The van der Waals surface area contributed by atoms with Crippen molar-refractivity contribution in [2.24, 2.45) is 13.0 Å². The van der Waals surface area contributed by atoms with Gasteiger partial charge in [-0.2, -0.15) is 5.10 Å². The van der Waals surface area contributed by atoms with Crippen molar-refractivity contribution in [1.29, 1.82) is 0 Å². The summed E-state index contributed by atoms with van der Waals surface area (Å²) in [4.78, 5) is 38.0. The number of anilines is 4. The number of aryl methyl sites for hydroxylation is 1. The van der Waals surface area contributed by atoms with Crippen LogP contribution in [-0.4, -0.2) is 56.7 Å². The van der Waals surface area contributed by atoms with Gasteiger partial charge in [0.2, 0.25) is 5.91 Å². The Morgan fingerprint density at radius 3 is 2.62 bits per heavy atom. The minimum atomic E-state index is -1.28. The number of aromatic nitrogens is 6. The van der Waals surface area contributed by atoms with Crippen molar-refractivity contribution in [1.82, 2.24) is 29.1 Å². The standard InChI is InChI=1S/C29H39N9O3Si/c1-17-26-30-18(2)34-38(26)22-10-8-9-20(25(22)35(17)3)31-21-15-23(33-28(39)19-11-12-19)32-27-24(21)29(40)36(4)37(27)16-41-13-14-42(5,6)7/h8-10,15,17,19H,11-14,16H2,1-7H3,(H2,31,32,33,39). The topological polar surface area (TPSA) is 124 Å². The highest BCUT2D eigenvalue weighted by Gasteiger charge is 2.32. The molecule has 3 aromatic heterocycles. The minimum Gasteiger partial charge on any atom is -0.361 e. The van der Waals surface area contributed by atoms with E-state index in [0.29, 0.717) is 35.0 Å². The quantitative estimate of drug-likeness (QED) is 0.215. The van der Waals surface area contributed by atoms with Crippen LogP contribution < -0.4 is 21.1 Å². The smallest absolute Gasteiger partial charge is 0.278 e. The molecule has 0 spiro atoms. The van der Waals surface area contributed by atoms with Crippen LogP contribution in [0.2, 0.25) is 25.7 Å². The van der Waals surface area contributed by atoms with Crippen molar-refractivity contribution >= 4 is 47.9 Å². The van der Waals surface area contributed by atoms with E-state index >= 15 is 0 Å². The monoisotopic (exact) mass is 589 g/mol. The van der Waals surface area contributed by atoms with Gasteiger partial charge in [0.15, 0.2) is 11.5 Å². The van der Waals surface area contributed by atoms with Gasteiger partial charge >= 0.3 is 0 Å². The van der Waals surface area contributed by atoms with Gasteiger partial charge in [0.05, 0.1) is 28.8 Å². The Morgan fingerprint density at radius 2 is 1.90 bits per heavy atom. The molecular formula is C29H39N9O3Si. The number of pyridine rings is 1. The molecule has 1 atom stereocenters. The zero-order valence-electron chi connectivity index (χ0n) is 25.4. The number of hydrogen-bond donors (Lipinski definition) is 2. The number of nitrogens with zero attached hydrogens (tertiary/aromatic N) is 7. The lowest BCUT2D eigenvalue weighted by molar-refractivity contribution is -0.117. The van der Waals surface area contributed by atoms with E-state index in [2.05, 4.69) is 52.2 Å². The van der Waals surface area contributed by atoms with E-state index in [0.717, 1.165) is 41.8 Å². The molecule has 1 aliphatic heterocycles. The summed E-state index contributed by atoms with van der Waals surface area (Å²) in [7, 11) is 2.47. The second kappa shape index (κ2) is 10.4. The van der Waals surface area contributed by atoms with Crippen molar-refractivity contribution < 1.29 is 9.53 Å². The summed E-state index contributed by atoms with van der Waals surface area (Å²) < 4.78 is 11.2. The molecule has 4 aromatic rings. The van der Waals surface area contributed by atoms with Gasteiger partial charge in [-0.1, -0.05) is 25.7 Å². The van der Waals surface area contributed by atoms with Crippen LogP contribution in [0.4, 0.5) is 22.9 Å². The highest BCUT2D eigenvalue weighted by Crippen LogP contribution is 2.43. The number of benzene rings is 1. The minimum absolute atomic E-state index is 0.0124. The maximum absolute atomic E-state index is 13.7. The van der Waals surface area contributed by atoms with Crippen LogP contribution in [0.1, 0.15) is 37.5 Å². The Balaban J connectivity index is 1.44. The average Bonchev–Trinajstić information content (AvgIpc) is 3.66. The van der Waals surface area contributed by atoms with Crippen LogP contribution in [0.5, 0.6) is 0 Å². The number of carbonyl (C=O) groups is 1. The van der Waals surface area contributed by atoms with Crippen molar-refractivity contribution in [3.05, 3.63) is 46.3 Å². The van der Waals surface area contributed by atoms with Gasteiger partial charge < -0.3 is 20.3 Å². The zero-order valence-corrected chi connectivity index (χ0v) is 26.4. The largest absolute Gasteiger partial charge is 0.361 e. The molecule has 222 valence electrons. The summed E-state index contributed by atoms with van der Waals surface area (Å²) >= 11 is 0. The molecule has 2 aliphatic rings. The third-order valence-corrected chi connectivity index (χ3v) is 9.79. The van der Waals surface area contributed by atoms with Crippen LogP contribution in [0.3, 0.4) is 0 Å². The molecule has 0 bridgehead atoms. The first-order valence-electron chi connectivity index (χ1n) is 14.5. The van der Waals surface area contributed by atoms with E-state index in [4.69, 9.17) is 9.72 Å². The molecule has 0 saturated heterocycles. The van der Waals surface area contributed by atoms with Crippen molar-refractivity contribution in [3.63, 3.8) is 0 Å². The fourth-order valence-electron chi connectivity index (χ4n) is 5.32. The molecule has 2 N–H and O–H groups in total. The summed E-state index contributed by atoms with van der Waals surface area (Å²) in [5.41, 5.74) is 3.44. The number of rotatable bonds is 9. The molecular weight excluding hydrogens is 550 g/mol. The van der Waals surface area contributed by atoms with E-state index < -0.39 is 8.07 Å². The van der Waals surface area contributed by atoms with Gasteiger partial charge in [0.25, 0.3) is 5.56 Å². The number of fused-ring (bicyclic) bond motifs is 4. The van der Waals surface area contributed by atoms with E-state index in [1.165, 1.54) is 4.68 Å². The highest BCUT2D eigenvalue weighted by atomic mass is 28.3. The van der Waals surface area contributed by atoms with Crippen LogP contribution >= 0.6 is 0 Å². The third kappa shape index (κ3) is 5.11. The first kappa shape index (κ1) is 28.2. The Labute approximate surface area is 245 Å². The first-order chi connectivity index (χ1) is 19.9. The fraction of sp³-hybridized carbons (Fsp3) is 0.483. The summed E-state index contributed by atoms with van der Waals surface area (Å²) in [6, 6.07) is 8.69. The predicted molar refractivity (Wildman–Crippen MR) is 167 cm³/mol. The normalized spacial score (nSPS) is 16.5. The second-order valence-corrected chi connectivity index (χ2v) is 18.2. The maximum atomic E-state index is 13.7. The Hall–Kier alpha value is -3.97. The van der Waals surface area contributed by atoms with Crippen molar-refractivity contribution in [2.45, 2.75) is 65.1 Å². The van der Waals surface area contributed by atoms with E-state index in [9.17, 15) is 9.59 Å². The molecule has 1 amide bonds. The van der Waals surface area contributed by atoms with Gasteiger partial charge in [-0.05, 0) is 44.9 Å². The van der Waals surface area contributed by atoms with Crippen LogP contribution in [-0.2, 0) is 23.3 Å². The number of amides is 1. The van der Waals surface area contributed by atoms with Crippen LogP contribution in [0, 0.1) is 12.8 Å². The van der Waals surface area contributed by atoms with Crippen molar-refractivity contribution in [2.75, 3.05) is 29.2 Å². The number of ether oxygens (including phenoxy) is 1. The number of nitrogens with one attached hydrogen (secondary N) is 2. The molecule has 13 heteroatoms. The van der Waals surface area contributed by atoms with Crippen molar-refractivity contribution in [3.8, 4) is 5.69 Å². The fourth-order valence-corrected chi connectivity index (χ4v) is 6.08. The summed E-state index contributed by atoms with van der Waals surface area (Å²) in [5.74, 6) is 1.93. The lowest BCUT2D eigenvalue weighted by Gasteiger charge is -2.34. The van der Waals surface area contributed by atoms with E-state index in [1.807, 2.05) is 36.9 Å². The second-order valence-electron chi connectivity index (χ2n) is 12.6. The third-order valence-electron chi connectivity index (χ3n) is 8.08. The summed E-state index contributed by atoms with van der Waals surface area (Å²) in [5, 5.41) is 11.6. The lowest BCUT2D eigenvalue weighted by Crippen LogP contribution is -2.31. The number of carbonyl (C=O) groups excluding carboxylic acids is 1. The van der Waals surface area contributed by atoms with Gasteiger partial charge in [-0.15, -0.1) is 0 Å². The molecule has 12 nitrogen and oxygen atoms in total. The lowest BCUT2D eigenvalue weighted by atomic mass is 10.1. The van der Waals surface area contributed by atoms with Gasteiger partial charge in [-0.25, -0.2) is 24.0 Å². The Morgan fingerprint density at radius 1 is 1.14 bits per heavy atom. The molecule has 1 aliphatic carbocycles. The average molecular weight is 590 g/mol. The molecule has 1 unspecified atom stereocenters. The zero-order chi connectivity index (χ0) is 29.9. The van der Waals surface area contributed by atoms with Crippen LogP contribution in [0.25, 0.3) is 16.7 Å². The van der Waals surface area contributed by atoms with Gasteiger partial charge in [0.1, 0.15) is 23.8 Å². The molecule has 1 aromatic carbocycles. The summed E-state index contributed by atoms with van der Waals surface area (Å²) in [6.07, 6.45) is 1.76. The molecule has 1 fully saturated rings. The SMILES string of the molecule is Cc1nc2n(n1)-c1cccc(Nc3cc(NC(=O)C4CC4)nc4c3c(=O)n(C)n4COCC[Si](C)(C)C)c1N(C)C2C. The van der Waals surface area contributed by atoms with E-state index in [-0.39, 0.29) is 30.2 Å². The number of hydrogen-bond acceptors (Lipinski definition) is 8. The predicted octanol–water partition coefficient (Wildman–Crippen LogP) is 4.54. The Kier molecular flexibility index (Phi) is 6.96. The van der Waals surface area contributed by atoms with Gasteiger partial charge in [0, 0.05) is 40.8 Å². The molecule has 4 heterocycles.